The highest BCUT2D eigenvalue weighted by Crippen LogP contribution is 2.23. The lowest BCUT2D eigenvalue weighted by Gasteiger charge is -2.13. The average Bonchev–Trinajstić information content (AvgIpc) is 2.13. The molecule has 0 spiro atoms. The van der Waals surface area contributed by atoms with Crippen molar-refractivity contribution in [3.8, 4) is 0 Å². The zero-order valence-corrected chi connectivity index (χ0v) is 9.16. The molecule has 1 aromatic rings. The van der Waals surface area contributed by atoms with Gasteiger partial charge in [-0.15, -0.1) is 6.58 Å². The predicted molar refractivity (Wildman–Crippen MR) is 61.0 cm³/mol. The van der Waals surface area contributed by atoms with Gasteiger partial charge in [-0.05, 0) is 25.8 Å². The normalized spacial score (nSPS) is 12.1. The number of carboxylic acids is 1. The van der Waals surface area contributed by atoms with Gasteiger partial charge in [-0.3, -0.25) is 4.79 Å². The number of carbonyl (C=O) groups is 1. The lowest BCUT2D eigenvalue weighted by molar-refractivity contribution is -0.138. The molecule has 15 heavy (non-hydrogen) atoms. The second kappa shape index (κ2) is 4.78. The van der Waals surface area contributed by atoms with E-state index < -0.39 is 11.9 Å². The monoisotopic (exact) mass is 204 g/mol. The highest BCUT2D eigenvalue weighted by molar-refractivity contribution is 5.76. The van der Waals surface area contributed by atoms with Gasteiger partial charge >= 0.3 is 5.97 Å². The minimum atomic E-state index is -0.788. The third kappa shape index (κ3) is 3.24. The third-order valence-corrected chi connectivity index (χ3v) is 2.30. The fourth-order valence-corrected chi connectivity index (χ4v) is 1.58. The summed E-state index contributed by atoms with van der Waals surface area (Å²) in [5, 5.41) is 9.13. The lowest BCUT2D eigenvalue weighted by Crippen LogP contribution is -2.12. The van der Waals surface area contributed by atoms with Crippen LogP contribution in [0, 0.1) is 6.92 Å². The van der Waals surface area contributed by atoms with Gasteiger partial charge in [-0.1, -0.05) is 35.4 Å². The molecule has 0 fully saturated rings. The van der Waals surface area contributed by atoms with E-state index in [2.05, 4.69) is 6.58 Å². The minimum absolute atomic E-state index is 0.470. The number of aliphatic carboxylic acids is 1. The summed E-state index contributed by atoms with van der Waals surface area (Å²) < 4.78 is 0. The van der Waals surface area contributed by atoms with Crippen LogP contribution in [0.3, 0.4) is 0 Å². The Bertz CT molecular complexity index is 380. The van der Waals surface area contributed by atoms with E-state index >= 15 is 0 Å². The van der Waals surface area contributed by atoms with Gasteiger partial charge in [0.1, 0.15) is 0 Å². The van der Waals surface area contributed by atoms with Crippen LogP contribution < -0.4 is 0 Å². The maximum Gasteiger partial charge on any atom is 0.311 e. The number of hydrogen-bond acceptors (Lipinski definition) is 1. The summed E-state index contributed by atoms with van der Waals surface area (Å²) in [6.45, 7) is 7.58. The van der Waals surface area contributed by atoms with Gasteiger partial charge in [0.2, 0.25) is 0 Å². The second-order valence-electron chi connectivity index (χ2n) is 3.97. The van der Waals surface area contributed by atoms with Crippen molar-refractivity contribution in [2.24, 2.45) is 0 Å². The molecule has 0 bridgehead atoms. The summed E-state index contributed by atoms with van der Waals surface area (Å²) in [4.78, 5) is 11.1. The molecule has 1 aromatic carbocycles. The van der Waals surface area contributed by atoms with Crippen LogP contribution in [0.2, 0.25) is 0 Å². The SMILES string of the molecule is C=C(C)CC(C(=O)O)c1cccc(C)c1. The first-order valence-corrected chi connectivity index (χ1v) is 4.94. The van der Waals surface area contributed by atoms with Gasteiger partial charge in [-0.25, -0.2) is 0 Å². The molecule has 1 N–H and O–H groups in total. The summed E-state index contributed by atoms with van der Waals surface area (Å²) in [5.74, 6) is -1.26. The highest BCUT2D eigenvalue weighted by Gasteiger charge is 2.19. The molecule has 2 heteroatoms. The van der Waals surface area contributed by atoms with Gasteiger partial charge in [0.25, 0.3) is 0 Å². The van der Waals surface area contributed by atoms with E-state index in [1.165, 1.54) is 0 Å². The molecule has 1 unspecified atom stereocenters. The number of aryl methyl sites for hydroxylation is 1. The van der Waals surface area contributed by atoms with Crippen molar-refractivity contribution in [3.05, 3.63) is 47.5 Å². The maximum absolute atomic E-state index is 11.1. The van der Waals surface area contributed by atoms with E-state index in [-0.39, 0.29) is 0 Å². The Morgan fingerprint density at radius 2 is 2.20 bits per heavy atom. The highest BCUT2D eigenvalue weighted by atomic mass is 16.4. The molecule has 0 aliphatic rings. The molecule has 0 aliphatic heterocycles. The smallest absolute Gasteiger partial charge is 0.311 e. The molecule has 2 nitrogen and oxygen atoms in total. The number of hydrogen-bond donors (Lipinski definition) is 1. The molecule has 0 radical (unpaired) electrons. The molecule has 80 valence electrons. The Morgan fingerprint density at radius 3 is 2.67 bits per heavy atom. The summed E-state index contributed by atoms with van der Waals surface area (Å²) in [6, 6.07) is 7.62. The van der Waals surface area contributed by atoms with Crippen molar-refractivity contribution in [1.82, 2.24) is 0 Å². The quantitative estimate of drug-likeness (QED) is 0.765. The van der Waals surface area contributed by atoms with Crippen LogP contribution >= 0.6 is 0 Å². The van der Waals surface area contributed by atoms with Crippen LogP contribution in [0.15, 0.2) is 36.4 Å². The molecule has 0 aromatic heterocycles. The summed E-state index contributed by atoms with van der Waals surface area (Å²) >= 11 is 0. The summed E-state index contributed by atoms with van der Waals surface area (Å²) in [5.41, 5.74) is 2.83. The Balaban J connectivity index is 2.98. The Morgan fingerprint density at radius 1 is 1.53 bits per heavy atom. The van der Waals surface area contributed by atoms with E-state index in [1.807, 2.05) is 38.1 Å². The van der Waals surface area contributed by atoms with Crippen LogP contribution in [0.4, 0.5) is 0 Å². The molecule has 0 heterocycles. The van der Waals surface area contributed by atoms with Crippen molar-refractivity contribution in [1.29, 1.82) is 0 Å². The lowest BCUT2D eigenvalue weighted by atomic mass is 9.92. The Kier molecular flexibility index (Phi) is 3.67. The molecule has 1 atom stereocenters. The third-order valence-electron chi connectivity index (χ3n) is 2.30. The van der Waals surface area contributed by atoms with Gasteiger partial charge < -0.3 is 5.11 Å². The molecular weight excluding hydrogens is 188 g/mol. The number of carboxylic acid groups (broad SMARTS) is 1. The number of benzene rings is 1. The Hall–Kier alpha value is -1.57. The van der Waals surface area contributed by atoms with Crippen molar-refractivity contribution in [2.45, 2.75) is 26.2 Å². The average molecular weight is 204 g/mol. The van der Waals surface area contributed by atoms with Gasteiger partial charge in [0, 0.05) is 0 Å². The van der Waals surface area contributed by atoms with Crippen molar-refractivity contribution >= 4 is 5.97 Å². The van der Waals surface area contributed by atoms with Crippen molar-refractivity contribution < 1.29 is 9.90 Å². The number of allylic oxidation sites excluding steroid dienone is 1. The topological polar surface area (TPSA) is 37.3 Å². The molecule has 0 aliphatic carbocycles. The zero-order valence-electron chi connectivity index (χ0n) is 9.16. The zero-order chi connectivity index (χ0) is 11.4. The van der Waals surface area contributed by atoms with Crippen LogP contribution in [0.5, 0.6) is 0 Å². The molecule has 0 amide bonds. The first-order chi connectivity index (χ1) is 7.00. The maximum atomic E-state index is 11.1. The largest absolute Gasteiger partial charge is 0.481 e. The fraction of sp³-hybridized carbons (Fsp3) is 0.308. The van der Waals surface area contributed by atoms with E-state index in [9.17, 15) is 4.79 Å². The van der Waals surface area contributed by atoms with E-state index in [1.54, 1.807) is 0 Å². The molecule has 0 saturated heterocycles. The number of rotatable bonds is 4. The van der Waals surface area contributed by atoms with Crippen LogP contribution in [0.1, 0.15) is 30.4 Å². The van der Waals surface area contributed by atoms with Crippen molar-refractivity contribution in [3.63, 3.8) is 0 Å². The van der Waals surface area contributed by atoms with Gasteiger partial charge in [0.05, 0.1) is 5.92 Å². The first-order valence-electron chi connectivity index (χ1n) is 4.94. The molecule has 1 rings (SSSR count). The molecule has 0 saturated carbocycles. The van der Waals surface area contributed by atoms with E-state index in [4.69, 9.17) is 5.11 Å². The summed E-state index contributed by atoms with van der Waals surface area (Å²) in [6.07, 6.45) is 0.499. The first kappa shape index (κ1) is 11.5. The van der Waals surface area contributed by atoms with Crippen molar-refractivity contribution in [2.75, 3.05) is 0 Å². The van der Waals surface area contributed by atoms with Crippen LogP contribution in [-0.2, 0) is 4.79 Å². The predicted octanol–water partition coefficient (Wildman–Crippen LogP) is 3.13. The molecular formula is C13H16O2. The second-order valence-corrected chi connectivity index (χ2v) is 3.97. The van der Waals surface area contributed by atoms with Gasteiger partial charge in [-0.2, -0.15) is 0 Å². The standard InChI is InChI=1S/C13H16O2/c1-9(2)7-12(13(14)15)11-6-4-5-10(3)8-11/h4-6,8,12H,1,7H2,2-3H3,(H,14,15). The van der Waals surface area contributed by atoms with Crippen LogP contribution in [0.25, 0.3) is 0 Å². The van der Waals surface area contributed by atoms with E-state index in [0.717, 1.165) is 16.7 Å². The fourth-order valence-electron chi connectivity index (χ4n) is 1.58. The summed E-state index contributed by atoms with van der Waals surface area (Å²) in [7, 11) is 0. The van der Waals surface area contributed by atoms with Gasteiger partial charge in [0.15, 0.2) is 0 Å². The minimum Gasteiger partial charge on any atom is -0.481 e. The van der Waals surface area contributed by atoms with Crippen LogP contribution in [-0.4, -0.2) is 11.1 Å². The van der Waals surface area contributed by atoms with E-state index in [0.29, 0.717) is 6.42 Å². The Labute approximate surface area is 90.3 Å².